The van der Waals surface area contributed by atoms with E-state index < -0.39 is 0 Å². The number of amides is 2. The van der Waals surface area contributed by atoms with Gasteiger partial charge in [0.05, 0.1) is 0 Å². The Kier molecular flexibility index (Phi) is 2.21. The molecule has 2 N–H and O–H groups in total. The number of aliphatic imine (C=N–C) groups is 1. The van der Waals surface area contributed by atoms with Gasteiger partial charge in [0.1, 0.15) is 11.9 Å². The Labute approximate surface area is 97.8 Å². The van der Waals surface area contributed by atoms with Crippen molar-refractivity contribution in [3.05, 3.63) is 22.4 Å². The topological polar surface area (TPSA) is 58.7 Å². The van der Waals surface area contributed by atoms with Crippen LogP contribution in [0.15, 0.2) is 22.5 Å². The summed E-state index contributed by atoms with van der Waals surface area (Å²) in [6.07, 6.45) is 2.45. The van der Waals surface area contributed by atoms with E-state index in [4.69, 9.17) is 5.73 Å². The lowest BCUT2D eigenvalue weighted by molar-refractivity contribution is 0.204. The van der Waals surface area contributed by atoms with Crippen LogP contribution in [0.4, 0.5) is 4.79 Å². The summed E-state index contributed by atoms with van der Waals surface area (Å²) in [7, 11) is 0. The molecule has 84 valence electrons. The molecular weight excluding hydrogens is 222 g/mol. The molecule has 0 radical (unpaired) electrons. The van der Waals surface area contributed by atoms with Gasteiger partial charge in [-0.2, -0.15) is 4.99 Å². The molecule has 1 unspecified atom stereocenters. The molecule has 2 heterocycles. The minimum absolute atomic E-state index is 0.118. The molecule has 1 atom stereocenters. The first kappa shape index (κ1) is 9.84. The fourth-order valence-electron chi connectivity index (χ4n) is 2.01. The summed E-state index contributed by atoms with van der Waals surface area (Å²) in [5.74, 6) is 1.10. The summed E-state index contributed by atoms with van der Waals surface area (Å²) in [5.41, 5.74) is 5.84. The molecule has 1 aliphatic heterocycles. The Morgan fingerprint density at radius 3 is 3.00 bits per heavy atom. The molecule has 5 heteroatoms. The number of hydrogen-bond donors (Lipinski definition) is 1. The number of nitrogens with two attached hydrogens (primary N) is 1. The first-order valence-electron chi connectivity index (χ1n) is 5.44. The molecule has 0 spiro atoms. The smallest absolute Gasteiger partial charge is 0.346 e. The molecule has 1 aromatic rings. The van der Waals surface area contributed by atoms with Gasteiger partial charge in [-0.15, -0.1) is 11.3 Å². The summed E-state index contributed by atoms with van der Waals surface area (Å²) in [6.45, 7) is 0.797. The van der Waals surface area contributed by atoms with E-state index in [0.717, 1.165) is 11.4 Å². The number of carbonyl (C=O) groups is 1. The number of urea groups is 1. The van der Waals surface area contributed by atoms with E-state index in [1.807, 2.05) is 17.5 Å². The van der Waals surface area contributed by atoms with Gasteiger partial charge in [-0.05, 0) is 30.2 Å². The number of hydrogen-bond acceptors (Lipinski definition) is 3. The van der Waals surface area contributed by atoms with Crippen LogP contribution in [0.3, 0.4) is 0 Å². The summed E-state index contributed by atoms with van der Waals surface area (Å²) in [6, 6.07) is 3.69. The van der Waals surface area contributed by atoms with Crippen LogP contribution in [0.25, 0.3) is 0 Å². The molecule has 2 amide bonds. The normalized spacial score (nSPS) is 25.0. The van der Waals surface area contributed by atoms with E-state index in [-0.39, 0.29) is 12.1 Å². The van der Waals surface area contributed by atoms with Gasteiger partial charge in [0.2, 0.25) is 0 Å². The Balaban J connectivity index is 1.87. The van der Waals surface area contributed by atoms with Crippen molar-refractivity contribution in [2.75, 3.05) is 6.54 Å². The van der Waals surface area contributed by atoms with Crippen LogP contribution in [0.5, 0.6) is 0 Å². The molecule has 3 rings (SSSR count). The monoisotopic (exact) mass is 235 g/mol. The van der Waals surface area contributed by atoms with E-state index in [2.05, 4.69) is 4.99 Å². The second-order valence-corrected chi connectivity index (χ2v) is 5.31. The minimum atomic E-state index is -0.178. The molecule has 0 saturated heterocycles. The van der Waals surface area contributed by atoms with Gasteiger partial charge in [0.15, 0.2) is 0 Å². The molecule has 1 aliphatic carbocycles. The number of amidine groups is 1. The highest BCUT2D eigenvalue weighted by Gasteiger charge is 2.38. The highest BCUT2D eigenvalue weighted by Crippen LogP contribution is 2.36. The van der Waals surface area contributed by atoms with E-state index in [0.29, 0.717) is 11.8 Å². The largest absolute Gasteiger partial charge is 0.385 e. The lowest BCUT2D eigenvalue weighted by atomic mass is 10.2. The highest BCUT2D eigenvalue weighted by molar-refractivity contribution is 7.10. The highest BCUT2D eigenvalue weighted by atomic mass is 32.1. The lowest BCUT2D eigenvalue weighted by Crippen LogP contribution is -2.34. The van der Waals surface area contributed by atoms with E-state index in [9.17, 15) is 4.79 Å². The van der Waals surface area contributed by atoms with Crippen LogP contribution in [0.1, 0.15) is 23.8 Å². The SMILES string of the molecule is NC1=NC(=O)N(CC2CC2)C1c1cccs1. The maximum absolute atomic E-state index is 11.7. The second kappa shape index (κ2) is 3.59. The molecule has 1 fully saturated rings. The van der Waals surface area contributed by atoms with Crippen LogP contribution in [0, 0.1) is 5.92 Å². The first-order valence-corrected chi connectivity index (χ1v) is 6.31. The van der Waals surface area contributed by atoms with Crippen LogP contribution in [-0.4, -0.2) is 23.3 Å². The van der Waals surface area contributed by atoms with Crippen molar-refractivity contribution in [2.45, 2.75) is 18.9 Å². The zero-order valence-electron chi connectivity index (χ0n) is 8.80. The van der Waals surface area contributed by atoms with Gasteiger partial charge in [0.25, 0.3) is 0 Å². The Hall–Kier alpha value is -1.36. The zero-order valence-corrected chi connectivity index (χ0v) is 9.61. The van der Waals surface area contributed by atoms with Crippen LogP contribution >= 0.6 is 11.3 Å². The lowest BCUT2D eigenvalue weighted by Gasteiger charge is -2.22. The maximum atomic E-state index is 11.7. The first-order chi connectivity index (χ1) is 7.75. The van der Waals surface area contributed by atoms with Gasteiger partial charge in [-0.3, -0.25) is 0 Å². The van der Waals surface area contributed by atoms with Crippen molar-refractivity contribution in [1.29, 1.82) is 0 Å². The molecule has 16 heavy (non-hydrogen) atoms. The molecule has 2 aliphatic rings. The third-order valence-electron chi connectivity index (χ3n) is 3.03. The Morgan fingerprint density at radius 2 is 2.38 bits per heavy atom. The number of nitrogens with zero attached hydrogens (tertiary/aromatic N) is 2. The zero-order chi connectivity index (χ0) is 11.1. The van der Waals surface area contributed by atoms with Crippen molar-refractivity contribution >= 4 is 23.2 Å². The van der Waals surface area contributed by atoms with Crippen molar-refractivity contribution in [1.82, 2.24) is 4.90 Å². The van der Waals surface area contributed by atoms with Crippen molar-refractivity contribution < 1.29 is 4.79 Å². The molecule has 1 saturated carbocycles. The summed E-state index contributed by atoms with van der Waals surface area (Å²) in [4.78, 5) is 18.5. The van der Waals surface area contributed by atoms with Gasteiger partial charge in [0, 0.05) is 11.4 Å². The van der Waals surface area contributed by atoms with Gasteiger partial charge >= 0.3 is 6.03 Å². The third-order valence-corrected chi connectivity index (χ3v) is 3.95. The van der Waals surface area contributed by atoms with Crippen LogP contribution in [0.2, 0.25) is 0 Å². The number of carbonyl (C=O) groups excluding carboxylic acids is 1. The average molecular weight is 235 g/mol. The Bertz CT molecular complexity index is 436. The van der Waals surface area contributed by atoms with E-state index in [1.165, 1.54) is 12.8 Å². The fraction of sp³-hybridized carbons (Fsp3) is 0.455. The molecule has 1 aromatic heterocycles. The second-order valence-electron chi connectivity index (χ2n) is 4.33. The molecular formula is C11H13N3OS. The molecule has 4 nitrogen and oxygen atoms in total. The standard InChI is InChI=1S/C11H13N3OS/c12-10-9(8-2-1-5-16-8)14(11(15)13-10)6-7-3-4-7/h1-2,5,7,9H,3-4,6H2,(H2,12,13,15). The van der Waals surface area contributed by atoms with E-state index in [1.54, 1.807) is 16.2 Å². The molecule has 0 aromatic carbocycles. The predicted octanol–water partition coefficient (Wildman–Crippen LogP) is 1.99. The fourth-order valence-corrected chi connectivity index (χ4v) is 2.86. The Morgan fingerprint density at radius 1 is 1.56 bits per heavy atom. The van der Waals surface area contributed by atoms with Crippen molar-refractivity contribution in [2.24, 2.45) is 16.6 Å². The maximum Gasteiger partial charge on any atom is 0.346 e. The third kappa shape index (κ3) is 1.61. The number of rotatable bonds is 3. The van der Waals surface area contributed by atoms with Gasteiger partial charge in [-0.25, -0.2) is 4.79 Å². The average Bonchev–Trinajstić information content (AvgIpc) is 2.81. The minimum Gasteiger partial charge on any atom is -0.385 e. The quantitative estimate of drug-likeness (QED) is 0.871. The van der Waals surface area contributed by atoms with Crippen molar-refractivity contribution in [3.63, 3.8) is 0 Å². The summed E-state index contributed by atoms with van der Waals surface area (Å²) in [5, 5.41) is 2.00. The van der Waals surface area contributed by atoms with E-state index >= 15 is 0 Å². The van der Waals surface area contributed by atoms with Crippen molar-refractivity contribution in [3.8, 4) is 0 Å². The predicted molar refractivity (Wildman–Crippen MR) is 63.5 cm³/mol. The summed E-state index contributed by atoms with van der Waals surface area (Å²) < 4.78 is 0. The number of thiophene rings is 1. The van der Waals surface area contributed by atoms with Gasteiger partial charge < -0.3 is 10.6 Å². The van der Waals surface area contributed by atoms with Gasteiger partial charge in [-0.1, -0.05) is 6.07 Å². The van der Waals surface area contributed by atoms with Crippen LogP contribution < -0.4 is 5.73 Å². The van der Waals surface area contributed by atoms with Crippen LogP contribution in [-0.2, 0) is 0 Å². The summed E-state index contributed by atoms with van der Waals surface area (Å²) >= 11 is 1.62. The molecule has 0 bridgehead atoms.